The molecule has 0 amide bonds. The molecule has 0 fully saturated rings. The Morgan fingerprint density at radius 2 is 2.55 bits per heavy atom. The van der Waals surface area contributed by atoms with E-state index in [0.29, 0.717) is 5.56 Å². The zero-order valence-corrected chi connectivity index (χ0v) is 5.95. The van der Waals surface area contributed by atoms with Gasteiger partial charge in [-0.15, -0.1) is 0 Å². The number of ketones is 1. The van der Waals surface area contributed by atoms with Crippen molar-refractivity contribution in [2.24, 2.45) is 0 Å². The number of carbonyl (C=O) groups excluding carboxylic acids is 1. The largest absolute Gasteiger partial charge is 0.313 e. The van der Waals surface area contributed by atoms with E-state index in [1.54, 1.807) is 18.3 Å². The Morgan fingerprint density at radius 3 is 3.09 bits per heavy atom. The van der Waals surface area contributed by atoms with Crippen LogP contribution in [0, 0.1) is 5.41 Å². The van der Waals surface area contributed by atoms with E-state index < -0.39 is 0 Å². The number of pyridine rings is 1. The van der Waals surface area contributed by atoms with Gasteiger partial charge in [0.2, 0.25) is 0 Å². The number of Topliss-reactive ketones (excluding diaryl/α,β-unsaturated/α-hetero) is 1. The average molecular weight is 148 g/mol. The summed E-state index contributed by atoms with van der Waals surface area (Å²) in [6, 6.07) is 3.40. The van der Waals surface area contributed by atoms with Gasteiger partial charge in [0.25, 0.3) is 0 Å². The minimum absolute atomic E-state index is 0.0619. The zero-order chi connectivity index (χ0) is 8.10. The first kappa shape index (κ1) is 7.60. The highest BCUT2D eigenvalue weighted by Gasteiger charge is 2.01. The van der Waals surface area contributed by atoms with E-state index in [-0.39, 0.29) is 12.2 Å². The molecule has 0 aliphatic heterocycles. The van der Waals surface area contributed by atoms with Crippen LogP contribution in [0.5, 0.6) is 0 Å². The van der Waals surface area contributed by atoms with Crippen LogP contribution < -0.4 is 0 Å². The monoisotopic (exact) mass is 148 g/mol. The predicted molar refractivity (Wildman–Crippen MR) is 42.0 cm³/mol. The van der Waals surface area contributed by atoms with Crippen LogP contribution in [0.15, 0.2) is 24.5 Å². The highest BCUT2D eigenvalue weighted by Crippen LogP contribution is 1.98. The number of aromatic nitrogens is 1. The predicted octanol–water partition coefficient (Wildman–Crippen LogP) is 1.30. The molecule has 0 aliphatic rings. The van der Waals surface area contributed by atoms with Gasteiger partial charge in [-0.2, -0.15) is 0 Å². The van der Waals surface area contributed by atoms with E-state index in [0.717, 1.165) is 6.21 Å². The highest BCUT2D eigenvalue weighted by atomic mass is 16.1. The van der Waals surface area contributed by atoms with Gasteiger partial charge in [0.1, 0.15) is 0 Å². The van der Waals surface area contributed by atoms with Gasteiger partial charge >= 0.3 is 0 Å². The highest BCUT2D eigenvalue weighted by molar-refractivity contribution is 6.02. The van der Waals surface area contributed by atoms with Crippen LogP contribution >= 0.6 is 0 Å². The first-order valence-corrected chi connectivity index (χ1v) is 3.27. The van der Waals surface area contributed by atoms with Gasteiger partial charge in [0, 0.05) is 30.6 Å². The summed E-state index contributed by atoms with van der Waals surface area (Å²) in [5, 5.41) is 6.72. The van der Waals surface area contributed by atoms with Crippen molar-refractivity contribution in [2.45, 2.75) is 6.42 Å². The summed E-state index contributed by atoms with van der Waals surface area (Å²) in [4.78, 5) is 14.8. The molecule has 0 saturated heterocycles. The van der Waals surface area contributed by atoms with E-state index >= 15 is 0 Å². The maximum Gasteiger partial charge on any atom is 0.169 e. The first-order valence-electron chi connectivity index (χ1n) is 3.27. The van der Waals surface area contributed by atoms with Gasteiger partial charge in [0.15, 0.2) is 5.78 Å². The number of hydrogen-bond acceptors (Lipinski definition) is 3. The molecule has 1 N–H and O–H groups in total. The molecule has 0 unspecified atom stereocenters. The number of rotatable bonds is 3. The van der Waals surface area contributed by atoms with Crippen molar-refractivity contribution in [2.75, 3.05) is 0 Å². The fourth-order valence-electron chi connectivity index (χ4n) is 0.738. The van der Waals surface area contributed by atoms with Crippen LogP contribution in [0.2, 0.25) is 0 Å². The van der Waals surface area contributed by atoms with Gasteiger partial charge in [-0.3, -0.25) is 9.78 Å². The molecular weight excluding hydrogens is 140 g/mol. The van der Waals surface area contributed by atoms with E-state index in [4.69, 9.17) is 5.41 Å². The van der Waals surface area contributed by atoms with Crippen LogP contribution in [-0.4, -0.2) is 17.0 Å². The summed E-state index contributed by atoms with van der Waals surface area (Å²) < 4.78 is 0. The van der Waals surface area contributed by atoms with E-state index in [1.807, 2.05) is 0 Å². The average Bonchev–Trinajstić information content (AvgIpc) is 2.07. The molecule has 0 spiro atoms. The summed E-state index contributed by atoms with van der Waals surface area (Å²) in [6.07, 6.45) is 4.37. The van der Waals surface area contributed by atoms with Gasteiger partial charge in [-0.1, -0.05) is 0 Å². The van der Waals surface area contributed by atoms with E-state index in [2.05, 4.69) is 4.98 Å². The number of hydrogen-bond donors (Lipinski definition) is 1. The van der Waals surface area contributed by atoms with Gasteiger partial charge in [-0.25, -0.2) is 0 Å². The van der Waals surface area contributed by atoms with Crippen molar-refractivity contribution in [1.82, 2.24) is 4.98 Å². The Labute approximate surface area is 64.6 Å². The maximum absolute atomic E-state index is 11.1. The molecule has 1 heterocycles. The Kier molecular flexibility index (Phi) is 2.49. The third-order valence-corrected chi connectivity index (χ3v) is 1.27. The summed E-state index contributed by atoms with van der Waals surface area (Å²) in [6.45, 7) is 0. The van der Waals surface area contributed by atoms with Crippen LogP contribution in [0.4, 0.5) is 0 Å². The Bertz CT molecular complexity index is 256. The van der Waals surface area contributed by atoms with Crippen molar-refractivity contribution in [3.63, 3.8) is 0 Å². The van der Waals surface area contributed by atoms with Gasteiger partial charge in [0.05, 0.1) is 0 Å². The fraction of sp³-hybridized carbons (Fsp3) is 0.125. The molecule has 0 aromatic carbocycles. The minimum Gasteiger partial charge on any atom is -0.313 e. The second kappa shape index (κ2) is 3.61. The number of nitrogens with zero attached hydrogens (tertiary/aromatic N) is 1. The Balaban J connectivity index is 2.77. The van der Waals surface area contributed by atoms with Crippen LogP contribution in [0.3, 0.4) is 0 Å². The quantitative estimate of drug-likeness (QED) is 0.519. The van der Waals surface area contributed by atoms with Crippen molar-refractivity contribution < 1.29 is 4.79 Å². The fourth-order valence-corrected chi connectivity index (χ4v) is 0.738. The SMILES string of the molecule is N=CCC(=O)c1cccnc1. The lowest BCUT2D eigenvalue weighted by Crippen LogP contribution is -1.98. The molecule has 1 aromatic heterocycles. The molecule has 11 heavy (non-hydrogen) atoms. The lowest BCUT2D eigenvalue weighted by molar-refractivity contribution is 0.100. The summed E-state index contributed by atoms with van der Waals surface area (Å²) in [5.74, 6) is -0.0619. The molecule has 1 aromatic rings. The van der Waals surface area contributed by atoms with Crippen molar-refractivity contribution in [1.29, 1.82) is 5.41 Å². The Hall–Kier alpha value is -1.51. The molecule has 0 bridgehead atoms. The maximum atomic E-state index is 11.1. The molecule has 3 heteroatoms. The van der Waals surface area contributed by atoms with Gasteiger partial charge in [-0.05, 0) is 12.1 Å². The van der Waals surface area contributed by atoms with Crippen molar-refractivity contribution in [3.8, 4) is 0 Å². The summed E-state index contributed by atoms with van der Waals surface area (Å²) in [5.41, 5.74) is 0.566. The lowest BCUT2D eigenvalue weighted by atomic mass is 10.1. The molecule has 0 saturated carbocycles. The molecule has 0 radical (unpaired) electrons. The number of nitrogens with one attached hydrogen (secondary N) is 1. The molecule has 0 atom stereocenters. The smallest absolute Gasteiger partial charge is 0.169 e. The zero-order valence-electron chi connectivity index (χ0n) is 5.95. The third kappa shape index (κ3) is 1.97. The lowest BCUT2D eigenvalue weighted by Gasteiger charge is -1.93. The topological polar surface area (TPSA) is 53.8 Å². The first-order chi connectivity index (χ1) is 5.34. The molecule has 0 aliphatic carbocycles. The van der Waals surface area contributed by atoms with E-state index in [9.17, 15) is 4.79 Å². The molecular formula is C8H8N2O. The van der Waals surface area contributed by atoms with Gasteiger partial charge < -0.3 is 5.41 Å². The van der Waals surface area contributed by atoms with Crippen molar-refractivity contribution >= 4 is 12.0 Å². The summed E-state index contributed by atoms with van der Waals surface area (Å²) in [7, 11) is 0. The number of carbonyl (C=O) groups is 1. The molecule has 1 rings (SSSR count). The van der Waals surface area contributed by atoms with Crippen LogP contribution in [0.1, 0.15) is 16.8 Å². The second-order valence-electron chi connectivity index (χ2n) is 2.07. The molecule has 56 valence electrons. The minimum atomic E-state index is -0.0619. The van der Waals surface area contributed by atoms with Crippen molar-refractivity contribution in [3.05, 3.63) is 30.1 Å². The Morgan fingerprint density at radius 1 is 1.73 bits per heavy atom. The van der Waals surface area contributed by atoms with Crippen LogP contribution in [0.25, 0.3) is 0 Å². The normalized spacial score (nSPS) is 9.09. The standard InChI is InChI=1S/C8H8N2O/c9-4-3-8(11)7-2-1-5-10-6-7/h1-2,4-6,9H,3H2. The summed E-state index contributed by atoms with van der Waals surface area (Å²) >= 11 is 0. The third-order valence-electron chi connectivity index (χ3n) is 1.27. The van der Waals surface area contributed by atoms with E-state index in [1.165, 1.54) is 6.20 Å². The van der Waals surface area contributed by atoms with Crippen LogP contribution in [-0.2, 0) is 0 Å². The molecule has 3 nitrogen and oxygen atoms in total. The second-order valence-corrected chi connectivity index (χ2v) is 2.07.